The molecule has 0 unspecified atom stereocenters. The second kappa shape index (κ2) is 7.74. The predicted octanol–water partition coefficient (Wildman–Crippen LogP) is 3.45. The van der Waals surface area contributed by atoms with Crippen molar-refractivity contribution >= 4 is 28.8 Å². The second-order valence-electron chi connectivity index (χ2n) is 6.03. The minimum absolute atomic E-state index is 0.0712. The first-order chi connectivity index (χ1) is 12.0. The number of carbonyl (C=O) groups is 2. The zero-order chi connectivity index (χ0) is 17.8. The van der Waals surface area contributed by atoms with E-state index in [-0.39, 0.29) is 23.4 Å². The summed E-state index contributed by atoms with van der Waals surface area (Å²) >= 11 is 1.56. The molecule has 1 fully saturated rings. The Balaban J connectivity index is 1.50. The van der Waals surface area contributed by atoms with Crippen LogP contribution in [0.25, 0.3) is 0 Å². The first-order valence-corrected chi connectivity index (χ1v) is 8.97. The van der Waals surface area contributed by atoms with E-state index in [9.17, 15) is 18.4 Å². The molecule has 2 amide bonds. The van der Waals surface area contributed by atoms with Crippen LogP contribution in [0.3, 0.4) is 0 Å². The lowest BCUT2D eigenvalue weighted by Gasteiger charge is -2.31. The van der Waals surface area contributed by atoms with Crippen LogP contribution in [0.1, 0.15) is 17.7 Å². The van der Waals surface area contributed by atoms with Crippen molar-refractivity contribution in [2.45, 2.75) is 19.3 Å². The molecule has 0 atom stereocenters. The highest BCUT2D eigenvalue weighted by Crippen LogP contribution is 2.21. The molecule has 1 aliphatic heterocycles. The van der Waals surface area contributed by atoms with E-state index in [1.165, 1.54) is 6.07 Å². The minimum atomic E-state index is -0.994. The monoisotopic (exact) mass is 364 g/mol. The normalized spacial score (nSPS) is 15.2. The first-order valence-electron chi connectivity index (χ1n) is 8.09. The van der Waals surface area contributed by atoms with Crippen LogP contribution in [0.5, 0.6) is 0 Å². The Morgan fingerprint density at radius 3 is 2.56 bits per heavy atom. The average molecular weight is 364 g/mol. The van der Waals surface area contributed by atoms with Crippen LogP contribution in [0.4, 0.5) is 14.5 Å². The van der Waals surface area contributed by atoms with Crippen LogP contribution in [0.2, 0.25) is 0 Å². The maximum Gasteiger partial charge on any atom is 0.227 e. The zero-order valence-electron chi connectivity index (χ0n) is 13.5. The van der Waals surface area contributed by atoms with Gasteiger partial charge in [0.1, 0.15) is 0 Å². The van der Waals surface area contributed by atoms with Crippen LogP contribution in [-0.2, 0) is 16.0 Å². The molecule has 0 aliphatic carbocycles. The third-order valence-electron chi connectivity index (χ3n) is 4.31. The summed E-state index contributed by atoms with van der Waals surface area (Å²) in [5.41, 5.74) is 0.236. The number of benzene rings is 1. The Labute approximate surface area is 148 Å². The standard InChI is InChI=1S/C18H18F2N2O2S/c19-15-4-3-13(10-16(15)20)21-18(24)12-5-7-22(8-6-12)17(23)11-14-2-1-9-25-14/h1-4,9-10,12H,5-8,11H2,(H,21,24). The third kappa shape index (κ3) is 4.42. The predicted molar refractivity (Wildman–Crippen MR) is 92.3 cm³/mol. The molecular weight excluding hydrogens is 346 g/mol. The van der Waals surface area contributed by atoms with Gasteiger partial charge in [-0.15, -0.1) is 11.3 Å². The van der Waals surface area contributed by atoms with Gasteiger partial charge < -0.3 is 10.2 Å². The maximum absolute atomic E-state index is 13.2. The van der Waals surface area contributed by atoms with E-state index in [1.54, 1.807) is 16.2 Å². The Morgan fingerprint density at radius 2 is 1.92 bits per heavy atom. The fourth-order valence-electron chi connectivity index (χ4n) is 2.88. The summed E-state index contributed by atoms with van der Waals surface area (Å²) in [6, 6.07) is 7.13. The molecule has 1 aromatic carbocycles. The number of thiophene rings is 1. The van der Waals surface area contributed by atoms with Gasteiger partial charge in [0, 0.05) is 35.6 Å². The van der Waals surface area contributed by atoms with Crippen LogP contribution in [-0.4, -0.2) is 29.8 Å². The van der Waals surface area contributed by atoms with E-state index in [2.05, 4.69) is 5.32 Å². The van der Waals surface area contributed by atoms with E-state index in [0.29, 0.717) is 32.4 Å². The molecular formula is C18H18F2N2O2S. The maximum atomic E-state index is 13.2. The lowest BCUT2D eigenvalue weighted by atomic mass is 9.95. The summed E-state index contributed by atoms with van der Waals surface area (Å²) in [4.78, 5) is 27.3. The fourth-order valence-corrected chi connectivity index (χ4v) is 3.58. The van der Waals surface area contributed by atoms with E-state index >= 15 is 0 Å². The highest BCUT2D eigenvalue weighted by atomic mass is 32.1. The van der Waals surface area contributed by atoms with Gasteiger partial charge in [-0.25, -0.2) is 8.78 Å². The van der Waals surface area contributed by atoms with Gasteiger partial charge in [0.2, 0.25) is 11.8 Å². The highest BCUT2D eigenvalue weighted by molar-refractivity contribution is 7.10. The van der Waals surface area contributed by atoms with Crippen molar-refractivity contribution in [3.63, 3.8) is 0 Å². The Kier molecular flexibility index (Phi) is 5.43. The number of rotatable bonds is 4. The van der Waals surface area contributed by atoms with Crippen molar-refractivity contribution in [3.8, 4) is 0 Å². The number of nitrogens with one attached hydrogen (secondary N) is 1. The number of anilines is 1. The summed E-state index contributed by atoms with van der Waals surface area (Å²) in [5, 5.41) is 4.55. The molecule has 25 heavy (non-hydrogen) atoms. The van der Waals surface area contributed by atoms with Gasteiger partial charge in [0.15, 0.2) is 11.6 Å². The lowest BCUT2D eigenvalue weighted by Crippen LogP contribution is -2.42. The van der Waals surface area contributed by atoms with Crippen molar-refractivity contribution in [2.75, 3.05) is 18.4 Å². The molecule has 2 aromatic rings. The molecule has 2 heterocycles. The number of hydrogen-bond donors (Lipinski definition) is 1. The molecule has 3 rings (SSSR count). The summed E-state index contributed by atoms with van der Waals surface area (Å²) in [6.45, 7) is 1.06. The third-order valence-corrected chi connectivity index (χ3v) is 5.19. The fraction of sp³-hybridized carbons (Fsp3) is 0.333. The minimum Gasteiger partial charge on any atom is -0.342 e. The smallest absolute Gasteiger partial charge is 0.227 e. The number of piperidine rings is 1. The van der Waals surface area contributed by atoms with E-state index in [0.717, 1.165) is 17.0 Å². The van der Waals surface area contributed by atoms with Gasteiger partial charge in [-0.05, 0) is 36.4 Å². The molecule has 1 N–H and O–H groups in total. The summed E-state index contributed by atoms with van der Waals surface area (Å²) in [5.74, 6) is -2.33. The van der Waals surface area contributed by atoms with Crippen LogP contribution >= 0.6 is 11.3 Å². The number of amides is 2. The molecule has 0 saturated carbocycles. The second-order valence-corrected chi connectivity index (χ2v) is 7.06. The highest BCUT2D eigenvalue weighted by Gasteiger charge is 2.27. The summed E-state index contributed by atoms with van der Waals surface area (Å²) in [7, 11) is 0. The molecule has 0 radical (unpaired) electrons. The van der Waals surface area contributed by atoms with Gasteiger partial charge in [-0.2, -0.15) is 0 Å². The molecule has 0 bridgehead atoms. The van der Waals surface area contributed by atoms with Crippen molar-refractivity contribution < 1.29 is 18.4 Å². The van der Waals surface area contributed by atoms with Crippen molar-refractivity contribution in [3.05, 3.63) is 52.2 Å². The lowest BCUT2D eigenvalue weighted by molar-refractivity contribution is -0.133. The van der Waals surface area contributed by atoms with Crippen LogP contribution in [0.15, 0.2) is 35.7 Å². The molecule has 132 valence electrons. The molecule has 1 aliphatic rings. The molecule has 7 heteroatoms. The first kappa shape index (κ1) is 17.5. The van der Waals surface area contributed by atoms with Crippen molar-refractivity contribution in [1.82, 2.24) is 4.90 Å². The Morgan fingerprint density at radius 1 is 1.16 bits per heavy atom. The molecule has 0 spiro atoms. The number of likely N-dealkylation sites (tertiary alicyclic amines) is 1. The molecule has 4 nitrogen and oxygen atoms in total. The van der Waals surface area contributed by atoms with Crippen LogP contribution in [0, 0.1) is 17.6 Å². The van der Waals surface area contributed by atoms with Gasteiger partial charge in [0.05, 0.1) is 6.42 Å². The van der Waals surface area contributed by atoms with Crippen molar-refractivity contribution in [1.29, 1.82) is 0 Å². The topological polar surface area (TPSA) is 49.4 Å². The van der Waals surface area contributed by atoms with Gasteiger partial charge in [-0.1, -0.05) is 6.07 Å². The number of carbonyl (C=O) groups excluding carboxylic acids is 2. The Hall–Kier alpha value is -2.28. The Bertz CT molecular complexity index is 756. The largest absolute Gasteiger partial charge is 0.342 e. The number of halogens is 2. The number of nitrogens with zero attached hydrogens (tertiary/aromatic N) is 1. The van der Waals surface area contributed by atoms with Gasteiger partial charge >= 0.3 is 0 Å². The van der Waals surface area contributed by atoms with E-state index < -0.39 is 11.6 Å². The molecule has 1 saturated heterocycles. The van der Waals surface area contributed by atoms with E-state index in [1.807, 2.05) is 17.5 Å². The van der Waals surface area contributed by atoms with E-state index in [4.69, 9.17) is 0 Å². The van der Waals surface area contributed by atoms with Crippen LogP contribution < -0.4 is 5.32 Å². The molecule has 1 aromatic heterocycles. The average Bonchev–Trinajstić information content (AvgIpc) is 3.11. The summed E-state index contributed by atoms with van der Waals surface area (Å²) in [6.07, 6.45) is 1.51. The van der Waals surface area contributed by atoms with Gasteiger partial charge in [-0.3, -0.25) is 9.59 Å². The van der Waals surface area contributed by atoms with Gasteiger partial charge in [0.25, 0.3) is 0 Å². The quantitative estimate of drug-likeness (QED) is 0.903. The zero-order valence-corrected chi connectivity index (χ0v) is 14.3. The summed E-state index contributed by atoms with van der Waals surface area (Å²) < 4.78 is 26.1. The number of hydrogen-bond acceptors (Lipinski definition) is 3. The van der Waals surface area contributed by atoms with Crippen molar-refractivity contribution in [2.24, 2.45) is 5.92 Å². The SMILES string of the molecule is O=C(Nc1ccc(F)c(F)c1)C1CCN(C(=O)Cc2cccs2)CC1.